The third kappa shape index (κ3) is 19.8. The number of aliphatic hydroxyl groups is 2. The van der Waals surface area contributed by atoms with Gasteiger partial charge in [0.05, 0.1) is 11.5 Å². The quantitative estimate of drug-likeness (QED) is 0.310. The van der Waals surface area contributed by atoms with Gasteiger partial charge in [0.25, 0.3) is 0 Å². The van der Waals surface area contributed by atoms with E-state index in [1.165, 1.54) is 77.0 Å². The van der Waals surface area contributed by atoms with Crippen molar-refractivity contribution in [3.05, 3.63) is 48.0 Å². The van der Waals surface area contributed by atoms with E-state index in [0.29, 0.717) is 11.5 Å². The van der Waals surface area contributed by atoms with Gasteiger partial charge in [0.2, 0.25) is 0 Å². The van der Waals surface area contributed by atoms with Crippen LogP contribution in [-0.2, 0) is 23.7 Å². The summed E-state index contributed by atoms with van der Waals surface area (Å²) in [6.07, 6.45) is 33.6. The van der Waals surface area contributed by atoms with E-state index < -0.39 is 0 Å². The van der Waals surface area contributed by atoms with Crippen molar-refractivity contribution in [3.63, 3.8) is 0 Å². The molecule has 0 aromatic carbocycles. The molecule has 0 aromatic heterocycles. The third-order valence-corrected chi connectivity index (χ3v) is 4.66. The fraction of sp³-hybridized carbons (Fsp3) is 0.667. The Balaban J connectivity index is 0.000000338. The SMILES string of the molecule is OC1=CCCCC1.OC1=CCCCC1.[C-]1=CCCCC1.[C-]1=CCCCC1.[O]=[Ti+2]. The molecular weight excluding hydrogens is 384 g/mol. The first-order valence-electron chi connectivity index (χ1n) is 10.9. The van der Waals surface area contributed by atoms with E-state index in [2.05, 4.69) is 24.3 Å². The van der Waals surface area contributed by atoms with Crippen LogP contribution >= 0.6 is 0 Å². The van der Waals surface area contributed by atoms with Gasteiger partial charge in [0.1, 0.15) is 0 Å². The Labute approximate surface area is 184 Å². The molecule has 0 fully saturated rings. The van der Waals surface area contributed by atoms with E-state index in [1.807, 2.05) is 12.2 Å². The van der Waals surface area contributed by atoms with Crippen LogP contribution in [0.15, 0.2) is 35.8 Å². The van der Waals surface area contributed by atoms with Gasteiger partial charge in [-0.25, -0.2) is 0 Å². The molecule has 2 N–H and O–H groups in total. The van der Waals surface area contributed by atoms with Crippen LogP contribution in [0.4, 0.5) is 0 Å². The molecule has 3 nitrogen and oxygen atoms in total. The Kier molecular flexibility index (Phi) is 21.6. The van der Waals surface area contributed by atoms with Gasteiger partial charge in [0.15, 0.2) is 0 Å². The molecule has 0 unspecified atom stereocenters. The maximum absolute atomic E-state index is 8.77. The Morgan fingerprint density at radius 3 is 1.11 bits per heavy atom. The van der Waals surface area contributed by atoms with Crippen LogP contribution in [0.1, 0.15) is 103 Å². The first-order valence-corrected chi connectivity index (χ1v) is 11.5. The molecule has 0 aromatic rings. The molecule has 0 heterocycles. The number of aliphatic hydroxyl groups excluding tert-OH is 2. The summed E-state index contributed by atoms with van der Waals surface area (Å²) >= 11 is 0.750. The first kappa shape index (κ1) is 27.1. The second-order valence-electron chi connectivity index (χ2n) is 7.19. The molecule has 4 rings (SSSR count). The number of allylic oxidation sites excluding steroid dienone is 8. The van der Waals surface area contributed by atoms with E-state index >= 15 is 0 Å². The van der Waals surface area contributed by atoms with Crippen LogP contribution in [-0.4, -0.2) is 10.2 Å². The number of rotatable bonds is 0. The van der Waals surface area contributed by atoms with Crippen molar-refractivity contribution in [3.8, 4) is 0 Å². The minimum absolute atomic E-state index is 0.589. The summed E-state index contributed by atoms with van der Waals surface area (Å²) in [6, 6.07) is 0. The summed E-state index contributed by atoms with van der Waals surface area (Å²) in [6.45, 7) is 0. The molecule has 0 amide bonds. The molecule has 4 aliphatic carbocycles. The molecule has 4 heteroatoms. The second-order valence-corrected chi connectivity index (χ2v) is 7.19. The fourth-order valence-corrected chi connectivity index (χ4v) is 3.00. The van der Waals surface area contributed by atoms with Crippen molar-refractivity contribution < 1.29 is 33.9 Å². The Hall–Kier alpha value is -0.926. The van der Waals surface area contributed by atoms with Crippen LogP contribution in [0.25, 0.3) is 0 Å². The molecule has 0 bridgehead atoms. The molecule has 4 aliphatic rings. The van der Waals surface area contributed by atoms with E-state index in [4.69, 9.17) is 13.5 Å². The topological polar surface area (TPSA) is 57.5 Å². The second kappa shape index (κ2) is 22.4. The monoisotopic (exact) mass is 422 g/mol. The van der Waals surface area contributed by atoms with E-state index in [0.717, 1.165) is 46.1 Å². The number of hydrogen-bond acceptors (Lipinski definition) is 3. The normalized spacial score (nSPS) is 20.1. The van der Waals surface area contributed by atoms with Gasteiger partial charge in [-0.1, -0.05) is 38.5 Å². The average Bonchev–Trinajstić information content (AvgIpc) is 2.80. The van der Waals surface area contributed by atoms with Gasteiger partial charge in [-0.3, -0.25) is 12.2 Å². The van der Waals surface area contributed by atoms with Gasteiger partial charge >= 0.3 is 23.7 Å². The summed E-state index contributed by atoms with van der Waals surface area (Å²) in [5.41, 5.74) is 0. The van der Waals surface area contributed by atoms with Crippen molar-refractivity contribution in [2.24, 2.45) is 0 Å². The van der Waals surface area contributed by atoms with Gasteiger partial charge < -0.3 is 22.4 Å². The van der Waals surface area contributed by atoms with Crippen molar-refractivity contribution in [1.29, 1.82) is 0 Å². The zero-order valence-corrected chi connectivity index (χ0v) is 19.0. The Morgan fingerprint density at radius 1 is 0.607 bits per heavy atom. The molecule has 0 spiro atoms. The molecule has 0 saturated heterocycles. The van der Waals surface area contributed by atoms with Crippen molar-refractivity contribution >= 4 is 0 Å². The van der Waals surface area contributed by atoms with Crippen molar-refractivity contribution in [2.75, 3.05) is 0 Å². The Bertz CT molecular complexity index is 408. The van der Waals surface area contributed by atoms with Gasteiger partial charge in [-0.15, -0.1) is 0 Å². The Morgan fingerprint density at radius 2 is 1.00 bits per heavy atom. The zero-order chi connectivity index (χ0) is 20.7. The van der Waals surface area contributed by atoms with Crippen LogP contribution < -0.4 is 0 Å². The molecule has 0 saturated carbocycles. The predicted molar refractivity (Wildman–Crippen MR) is 112 cm³/mol. The fourth-order valence-electron chi connectivity index (χ4n) is 3.00. The summed E-state index contributed by atoms with van der Waals surface area (Å²) in [4.78, 5) is 0. The van der Waals surface area contributed by atoms with Crippen LogP contribution in [0.2, 0.25) is 0 Å². The summed E-state index contributed by atoms with van der Waals surface area (Å²) in [5, 5.41) is 17.5. The summed E-state index contributed by atoms with van der Waals surface area (Å²) < 4.78 is 8.25. The average molecular weight is 422 g/mol. The maximum atomic E-state index is 8.77. The van der Waals surface area contributed by atoms with E-state index in [-0.39, 0.29) is 0 Å². The van der Waals surface area contributed by atoms with Crippen LogP contribution in [0.5, 0.6) is 0 Å². The van der Waals surface area contributed by atoms with Crippen LogP contribution in [0.3, 0.4) is 0 Å². The molecule has 28 heavy (non-hydrogen) atoms. The van der Waals surface area contributed by atoms with Gasteiger partial charge in [0, 0.05) is 12.8 Å². The summed E-state index contributed by atoms with van der Waals surface area (Å²) in [7, 11) is 0. The summed E-state index contributed by atoms with van der Waals surface area (Å²) in [5.74, 6) is 1.18. The van der Waals surface area contributed by atoms with Crippen molar-refractivity contribution in [1.82, 2.24) is 0 Å². The molecule has 156 valence electrons. The first-order chi connectivity index (χ1) is 13.8. The predicted octanol–water partition coefficient (Wildman–Crippen LogP) is 7.72. The van der Waals surface area contributed by atoms with Crippen molar-refractivity contribution in [2.45, 2.75) is 103 Å². The molecule has 0 aliphatic heterocycles. The van der Waals surface area contributed by atoms with E-state index in [1.54, 1.807) is 0 Å². The minimum atomic E-state index is 0.589. The van der Waals surface area contributed by atoms with Gasteiger partial charge in [-0.05, 0) is 50.7 Å². The standard InChI is InChI=1S/2C6H10O.2C6H9.O.Ti/c2*7-6-4-2-1-3-5-6;2*1-2-4-6-5-3-1;;/h2*4,7H,1-3,5H2;2*1H,2,4-6H2;;/q;;2*-1;;+2. The number of hydrogen-bond donors (Lipinski definition) is 2. The zero-order valence-electron chi connectivity index (χ0n) is 17.4. The molecule has 0 radical (unpaired) electrons. The third-order valence-electron chi connectivity index (χ3n) is 4.66. The molecule has 0 atom stereocenters. The van der Waals surface area contributed by atoms with E-state index in [9.17, 15) is 0 Å². The molecular formula is C24H38O3Ti. The van der Waals surface area contributed by atoms with Gasteiger partial charge in [-0.2, -0.15) is 12.8 Å². The van der Waals surface area contributed by atoms with Crippen LogP contribution in [0, 0.1) is 12.2 Å².